The maximum Gasteiger partial charge on any atom is 0.252 e. The lowest BCUT2D eigenvalue weighted by Gasteiger charge is -2.26. The first-order valence-corrected chi connectivity index (χ1v) is 10.4. The third kappa shape index (κ3) is 4.61. The normalized spacial score (nSPS) is 14.7. The van der Waals surface area contributed by atoms with Crippen LogP contribution >= 0.6 is 0 Å². The Labute approximate surface area is 176 Å². The average molecular weight is 405 g/mol. The second-order valence-corrected chi connectivity index (χ2v) is 7.70. The van der Waals surface area contributed by atoms with Crippen molar-refractivity contribution in [1.29, 1.82) is 0 Å². The van der Waals surface area contributed by atoms with E-state index in [1.54, 1.807) is 4.57 Å². The van der Waals surface area contributed by atoms with E-state index in [1.807, 2.05) is 55.5 Å². The Bertz CT molecular complexity index is 1080. The summed E-state index contributed by atoms with van der Waals surface area (Å²) >= 11 is 0. The molecular formula is C24H27N3O3. The zero-order valence-electron chi connectivity index (χ0n) is 17.3. The number of pyridine rings is 1. The van der Waals surface area contributed by atoms with E-state index in [2.05, 4.69) is 10.2 Å². The molecule has 6 nitrogen and oxygen atoms in total. The molecule has 1 amide bonds. The molecule has 0 atom stereocenters. The standard InChI is InChI=1S/C24H27N3O3/c1-18-6-8-19(9-7-18)17-27-22-5-3-2-4-20(22)21(16-23(27)28)24(29)25-10-11-26-12-14-30-15-13-26/h2-9,16H,10-15,17H2,1H3,(H,25,29). The van der Waals surface area contributed by atoms with Gasteiger partial charge in [0.05, 0.1) is 30.8 Å². The predicted octanol–water partition coefficient (Wildman–Crippen LogP) is 2.42. The summed E-state index contributed by atoms with van der Waals surface area (Å²) in [6.07, 6.45) is 0. The Hall–Kier alpha value is -2.96. The number of carbonyl (C=O) groups excluding carboxylic acids is 1. The van der Waals surface area contributed by atoms with Crippen LogP contribution in [0.3, 0.4) is 0 Å². The third-order valence-corrected chi connectivity index (χ3v) is 5.54. The second kappa shape index (κ2) is 9.24. The van der Waals surface area contributed by atoms with Gasteiger partial charge in [-0.2, -0.15) is 0 Å². The zero-order chi connectivity index (χ0) is 20.9. The van der Waals surface area contributed by atoms with Gasteiger partial charge in [0.25, 0.3) is 11.5 Å². The summed E-state index contributed by atoms with van der Waals surface area (Å²) in [4.78, 5) is 28.0. The molecule has 1 fully saturated rings. The predicted molar refractivity (Wildman–Crippen MR) is 118 cm³/mol. The van der Waals surface area contributed by atoms with Crippen LogP contribution in [0.2, 0.25) is 0 Å². The summed E-state index contributed by atoms with van der Waals surface area (Å²) in [5, 5.41) is 3.76. The van der Waals surface area contributed by atoms with Crippen molar-refractivity contribution < 1.29 is 9.53 Å². The van der Waals surface area contributed by atoms with E-state index in [-0.39, 0.29) is 11.5 Å². The number of amides is 1. The number of carbonyl (C=O) groups is 1. The van der Waals surface area contributed by atoms with Crippen molar-refractivity contribution in [2.24, 2.45) is 0 Å². The number of rotatable bonds is 6. The molecule has 0 saturated carbocycles. The van der Waals surface area contributed by atoms with E-state index in [0.717, 1.165) is 49.3 Å². The summed E-state index contributed by atoms with van der Waals surface area (Å²) in [7, 11) is 0. The summed E-state index contributed by atoms with van der Waals surface area (Å²) in [6, 6.07) is 17.2. The lowest BCUT2D eigenvalue weighted by atomic mass is 10.1. The fourth-order valence-corrected chi connectivity index (χ4v) is 3.81. The minimum absolute atomic E-state index is 0.174. The Balaban J connectivity index is 1.56. The molecule has 2 aromatic carbocycles. The van der Waals surface area contributed by atoms with Crippen LogP contribution < -0.4 is 10.9 Å². The van der Waals surface area contributed by atoms with Crippen molar-refractivity contribution in [3.63, 3.8) is 0 Å². The largest absolute Gasteiger partial charge is 0.379 e. The zero-order valence-corrected chi connectivity index (χ0v) is 17.3. The number of nitrogens with one attached hydrogen (secondary N) is 1. The molecule has 0 unspecified atom stereocenters. The summed E-state index contributed by atoms with van der Waals surface area (Å²) < 4.78 is 7.08. The van der Waals surface area contributed by atoms with Gasteiger partial charge in [-0.05, 0) is 18.6 Å². The lowest BCUT2D eigenvalue weighted by Crippen LogP contribution is -2.41. The molecule has 156 valence electrons. The van der Waals surface area contributed by atoms with Crippen molar-refractivity contribution in [2.45, 2.75) is 13.5 Å². The number of hydrogen-bond acceptors (Lipinski definition) is 4. The quantitative estimate of drug-likeness (QED) is 0.684. The average Bonchev–Trinajstić information content (AvgIpc) is 2.77. The minimum atomic E-state index is -0.209. The number of para-hydroxylation sites is 1. The molecule has 1 aromatic heterocycles. The number of hydrogen-bond donors (Lipinski definition) is 1. The van der Waals surface area contributed by atoms with E-state index in [0.29, 0.717) is 18.7 Å². The molecule has 0 aliphatic carbocycles. The first-order valence-electron chi connectivity index (χ1n) is 10.4. The monoisotopic (exact) mass is 405 g/mol. The molecule has 1 aliphatic rings. The molecule has 0 bridgehead atoms. The second-order valence-electron chi connectivity index (χ2n) is 7.70. The molecule has 3 aromatic rings. The molecule has 2 heterocycles. The molecule has 0 radical (unpaired) electrons. The van der Waals surface area contributed by atoms with Crippen molar-refractivity contribution in [1.82, 2.24) is 14.8 Å². The Morgan fingerprint density at radius 2 is 1.80 bits per heavy atom. The minimum Gasteiger partial charge on any atom is -0.379 e. The lowest BCUT2D eigenvalue weighted by molar-refractivity contribution is 0.0383. The molecule has 4 rings (SSSR count). The van der Waals surface area contributed by atoms with Gasteiger partial charge in [-0.25, -0.2) is 0 Å². The van der Waals surface area contributed by atoms with Crippen LogP contribution in [-0.2, 0) is 11.3 Å². The molecular weight excluding hydrogens is 378 g/mol. The van der Waals surface area contributed by atoms with E-state index in [9.17, 15) is 9.59 Å². The van der Waals surface area contributed by atoms with Crippen molar-refractivity contribution in [3.8, 4) is 0 Å². The highest BCUT2D eigenvalue weighted by molar-refractivity contribution is 6.06. The molecule has 1 N–H and O–H groups in total. The summed E-state index contributed by atoms with van der Waals surface area (Å²) in [6.45, 7) is 7.06. The number of aromatic nitrogens is 1. The van der Waals surface area contributed by atoms with Gasteiger partial charge in [0.2, 0.25) is 0 Å². The van der Waals surface area contributed by atoms with Crippen LogP contribution in [0.25, 0.3) is 10.9 Å². The van der Waals surface area contributed by atoms with Gasteiger partial charge >= 0.3 is 0 Å². The maximum atomic E-state index is 12.9. The highest BCUT2D eigenvalue weighted by Gasteiger charge is 2.16. The van der Waals surface area contributed by atoms with Gasteiger partial charge in [0.1, 0.15) is 0 Å². The number of aryl methyl sites for hydroxylation is 1. The van der Waals surface area contributed by atoms with Gasteiger partial charge in [-0.3, -0.25) is 14.5 Å². The molecule has 0 spiro atoms. The summed E-state index contributed by atoms with van der Waals surface area (Å²) in [5.74, 6) is -0.209. The molecule has 1 saturated heterocycles. The van der Waals surface area contributed by atoms with Gasteiger partial charge in [0, 0.05) is 37.6 Å². The SMILES string of the molecule is Cc1ccc(Cn2c(=O)cc(C(=O)NCCN3CCOCC3)c3ccccc32)cc1. The van der Waals surface area contributed by atoms with E-state index in [1.165, 1.54) is 11.6 Å². The number of fused-ring (bicyclic) bond motifs is 1. The Morgan fingerprint density at radius 1 is 1.07 bits per heavy atom. The Kier molecular flexibility index (Phi) is 6.26. The van der Waals surface area contributed by atoms with Crippen molar-refractivity contribution in [2.75, 3.05) is 39.4 Å². The van der Waals surface area contributed by atoms with E-state index < -0.39 is 0 Å². The fraction of sp³-hybridized carbons (Fsp3) is 0.333. The number of morpholine rings is 1. The van der Waals surface area contributed by atoms with Gasteiger partial charge < -0.3 is 14.6 Å². The highest BCUT2D eigenvalue weighted by atomic mass is 16.5. The number of nitrogens with zero attached hydrogens (tertiary/aromatic N) is 2. The number of ether oxygens (including phenoxy) is 1. The molecule has 6 heteroatoms. The maximum absolute atomic E-state index is 12.9. The third-order valence-electron chi connectivity index (χ3n) is 5.54. The van der Waals surface area contributed by atoms with Crippen LogP contribution in [0.15, 0.2) is 59.4 Å². The topological polar surface area (TPSA) is 63.6 Å². The van der Waals surface area contributed by atoms with Crippen LogP contribution in [0, 0.1) is 6.92 Å². The van der Waals surface area contributed by atoms with Crippen LogP contribution in [0.1, 0.15) is 21.5 Å². The van der Waals surface area contributed by atoms with E-state index in [4.69, 9.17) is 4.74 Å². The van der Waals surface area contributed by atoms with Crippen molar-refractivity contribution in [3.05, 3.63) is 81.6 Å². The first-order chi connectivity index (χ1) is 14.6. The summed E-state index contributed by atoms with van der Waals surface area (Å²) in [5.41, 5.74) is 3.25. The number of benzene rings is 2. The molecule has 30 heavy (non-hydrogen) atoms. The Morgan fingerprint density at radius 3 is 2.57 bits per heavy atom. The van der Waals surface area contributed by atoms with Crippen LogP contribution in [0.4, 0.5) is 0 Å². The first kappa shape index (κ1) is 20.3. The van der Waals surface area contributed by atoms with E-state index >= 15 is 0 Å². The van der Waals surface area contributed by atoms with Crippen LogP contribution in [0.5, 0.6) is 0 Å². The van der Waals surface area contributed by atoms with Gasteiger partial charge in [0.15, 0.2) is 0 Å². The molecule has 1 aliphatic heterocycles. The fourth-order valence-electron chi connectivity index (χ4n) is 3.81. The van der Waals surface area contributed by atoms with Gasteiger partial charge in [-0.15, -0.1) is 0 Å². The smallest absolute Gasteiger partial charge is 0.252 e. The van der Waals surface area contributed by atoms with Crippen LogP contribution in [-0.4, -0.2) is 54.8 Å². The van der Waals surface area contributed by atoms with Crippen molar-refractivity contribution >= 4 is 16.8 Å². The van der Waals surface area contributed by atoms with Gasteiger partial charge in [-0.1, -0.05) is 48.0 Å². The highest BCUT2D eigenvalue weighted by Crippen LogP contribution is 2.18.